The summed E-state index contributed by atoms with van der Waals surface area (Å²) in [6.07, 6.45) is 3.35. The molecule has 2 aromatic rings. The number of fused-ring (bicyclic) bond motifs is 1. The van der Waals surface area contributed by atoms with Gasteiger partial charge in [-0.05, 0) is 36.6 Å². The lowest BCUT2D eigenvalue weighted by Gasteiger charge is -2.26. The third-order valence-electron chi connectivity index (χ3n) is 5.91. The van der Waals surface area contributed by atoms with Gasteiger partial charge in [0.25, 0.3) is 0 Å². The summed E-state index contributed by atoms with van der Waals surface area (Å²) >= 11 is 0. The molecule has 1 saturated heterocycles. The van der Waals surface area contributed by atoms with Crippen molar-refractivity contribution < 1.29 is 14.3 Å². The highest BCUT2D eigenvalue weighted by Gasteiger charge is 2.38. The van der Waals surface area contributed by atoms with Crippen molar-refractivity contribution in [2.75, 3.05) is 44.7 Å². The highest BCUT2D eigenvalue weighted by molar-refractivity contribution is 5.94. The number of hydrogen-bond acceptors (Lipinski definition) is 4. The molecular formula is C22H30N4O3. The smallest absolute Gasteiger partial charge is 0.226 e. The van der Waals surface area contributed by atoms with Crippen LogP contribution in [0.2, 0.25) is 0 Å². The van der Waals surface area contributed by atoms with Crippen molar-refractivity contribution in [3.8, 4) is 0 Å². The Labute approximate surface area is 171 Å². The van der Waals surface area contributed by atoms with Crippen molar-refractivity contribution in [2.45, 2.75) is 26.3 Å². The summed E-state index contributed by atoms with van der Waals surface area (Å²) in [5, 5.41) is 6.90. The summed E-state index contributed by atoms with van der Waals surface area (Å²) in [5.74, 6) is 0.620. The summed E-state index contributed by atoms with van der Waals surface area (Å²) in [6.45, 7) is 8.03. The van der Waals surface area contributed by atoms with Crippen molar-refractivity contribution in [3.05, 3.63) is 30.5 Å². The number of hydrogen-bond donors (Lipinski definition) is 2. The van der Waals surface area contributed by atoms with Gasteiger partial charge in [-0.3, -0.25) is 14.5 Å². The SMILES string of the molecule is CC1CC1C(=O)NCCC(=O)Nc1ccc2c(ccn2CCN2CCOCC2)c1. The summed E-state index contributed by atoms with van der Waals surface area (Å²) in [7, 11) is 0. The van der Waals surface area contributed by atoms with E-state index < -0.39 is 0 Å². The van der Waals surface area contributed by atoms with E-state index in [0.29, 0.717) is 12.5 Å². The molecule has 2 fully saturated rings. The quantitative estimate of drug-likeness (QED) is 0.714. The maximum atomic E-state index is 12.2. The molecule has 2 atom stereocenters. The Bertz CT molecular complexity index is 872. The Morgan fingerprint density at radius 1 is 1.17 bits per heavy atom. The van der Waals surface area contributed by atoms with Gasteiger partial charge in [0.2, 0.25) is 11.8 Å². The molecule has 1 aromatic heterocycles. The van der Waals surface area contributed by atoms with E-state index in [9.17, 15) is 9.59 Å². The van der Waals surface area contributed by atoms with Crippen LogP contribution in [0.4, 0.5) is 5.69 Å². The number of nitrogens with one attached hydrogen (secondary N) is 2. The number of amides is 2. The Morgan fingerprint density at radius 2 is 1.97 bits per heavy atom. The number of carbonyl (C=O) groups is 2. The predicted molar refractivity (Wildman–Crippen MR) is 113 cm³/mol. The van der Waals surface area contributed by atoms with E-state index in [1.165, 1.54) is 5.52 Å². The molecule has 7 heteroatoms. The van der Waals surface area contributed by atoms with Gasteiger partial charge in [0.1, 0.15) is 0 Å². The molecule has 0 bridgehead atoms. The van der Waals surface area contributed by atoms with Gasteiger partial charge < -0.3 is 19.9 Å². The first-order valence-corrected chi connectivity index (χ1v) is 10.6. The minimum Gasteiger partial charge on any atom is -0.379 e. The number of morpholine rings is 1. The number of benzene rings is 1. The van der Waals surface area contributed by atoms with Crippen LogP contribution in [-0.2, 0) is 20.9 Å². The topological polar surface area (TPSA) is 75.6 Å². The maximum absolute atomic E-state index is 12.2. The number of carbonyl (C=O) groups excluding carboxylic acids is 2. The summed E-state index contributed by atoms with van der Waals surface area (Å²) < 4.78 is 7.66. The Morgan fingerprint density at radius 3 is 2.72 bits per heavy atom. The Kier molecular flexibility index (Phi) is 6.16. The van der Waals surface area contributed by atoms with Crippen LogP contribution in [0, 0.1) is 11.8 Å². The van der Waals surface area contributed by atoms with Gasteiger partial charge in [-0.1, -0.05) is 6.92 Å². The van der Waals surface area contributed by atoms with Crippen molar-refractivity contribution in [1.29, 1.82) is 0 Å². The first-order valence-electron chi connectivity index (χ1n) is 10.6. The van der Waals surface area contributed by atoms with E-state index in [-0.39, 0.29) is 24.2 Å². The van der Waals surface area contributed by atoms with Crippen LogP contribution in [0.5, 0.6) is 0 Å². The zero-order valence-electron chi connectivity index (χ0n) is 17.0. The van der Waals surface area contributed by atoms with Crippen LogP contribution in [-0.4, -0.2) is 60.7 Å². The number of anilines is 1. The fourth-order valence-corrected chi connectivity index (χ4v) is 3.89. The van der Waals surface area contributed by atoms with E-state index in [4.69, 9.17) is 4.74 Å². The van der Waals surface area contributed by atoms with E-state index >= 15 is 0 Å². The minimum atomic E-state index is -0.0831. The molecule has 2 N–H and O–H groups in total. The van der Waals surface area contributed by atoms with E-state index in [1.54, 1.807) is 0 Å². The molecule has 7 nitrogen and oxygen atoms in total. The highest BCUT2D eigenvalue weighted by atomic mass is 16.5. The van der Waals surface area contributed by atoms with Gasteiger partial charge in [-0.25, -0.2) is 0 Å². The van der Waals surface area contributed by atoms with Crippen molar-refractivity contribution in [2.24, 2.45) is 11.8 Å². The second-order valence-corrected chi connectivity index (χ2v) is 8.15. The summed E-state index contributed by atoms with van der Waals surface area (Å²) in [4.78, 5) is 26.4. The lowest BCUT2D eigenvalue weighted by atomic mass is 10.2. The zero-order valence-corrected chi connectivity index (χ0v) is 17.0. The fraction of sp³-hybridized carbons (Fsp3) is 0.545. The van der Waals surface area contributed by atoms with Crippen LogP contribution < -0.4 is 10.6 Å². The lowest BCUT2D eigenvalue weighted by molar-refractivity contribution is -0.122. The highest BCUT2D eigenvalue weighted by Crippen LogP contribution is 2.37. The molecule has 2 aliphatic rings. The van der Waals surface area contributed by atoms with Crippen LogP contribution in [0.1, 0.15) is 19.8 Å². The number of nitrogens with zero attached hydrogens (tertiary/aromatic N) is 2. The Hall–Kier alpha value is -2.38. The standard InChI is InChI=1S/C22H30N4O3/c1-16-14-19(16)22(28)23-6-4-21(27)24-18-2-3-20-17(15-18)5-7-26(20)9-8-25-10-12-29-13-11-25/h2-3,5,7,15-16,19H,4,6,8-14H2,1H3,(H,23,28)(H,24,27). The molecule has 156 valence electrons. The largest absolute Gasteiger partial charge is 0.379 e. The van der Waals surface area contributed by atoms with E-state index in [2.05, 4.69) is 45.4 Å². The molecule has 2 heterocycles. The number of aromatic nitrogens is 1. The molecule has 2 amide bonds. The second-order valence-electron chi connectivity index (χ2n) is 8.15. The minimum absolute atomic E-state index is 0.0742. The van der Waals surface area contributed by atoms with Gasteiger partial charge in [-0.2, -0.15) is 0 Å². The fourth-order valence-electron chi connectivity index (χ4n) is 3.89. The number of ether oxygens (including phenoxy) is 1. The number of rotatable bonds is 8. The molecule has 1 aromatic carbocycles. The average molecular weight is 399 g/mol. The van der Waals surface area contributed by atoms with Crippen molar-refractivity contribution in [1.82, 2.24) is 14.8 Å². The van der Waals surface area contributed by atoms with E-state index in [1.807, 2.05) is 12.1 Å². The van der Waals surface area contributed by atoms with Gasteiger partial charge in [0, 0.05) is 67.8 Å². The summed E-state index contributed by atoms with van der Waals surface area (Å²) in [5.41, 5.74) is 1.96. The zero-order chi connectivity index (χ0) is 20.2. The Balaban J connectivity index is 1.26. The molecule has 2 unspecified atom stereocenters. The molecule has 0 spiro atoms. The third kappa shape index (κ3) is 5.16. The molecule has 1 saturated carbocycles. The van der Waals surface area contributed by atoms with Crippen molar-refractivity contribution >= 4 is 28.4 Å². The molecule has 0 radical (unpaired) electrons. The molecule has 4 rings (SSSR count). The van der Waals surface area contributed by atoms with Gasteiger partial charge in [-0.15, -0.1) is 0 Å². The molecular weight excluding hydrogens is 368 g/mol. The van der Waals surface area contributed by atoms with Crippen LogP contribution in [0.3, 0.4) is 0 Å². The van der Waals surface area contributed by atoms with Crippen LogP contribution >= 0.6 is 0 Å². The molecule has 1 aliphatic heterocycles. The molecule has 1 aliphatic carbocycles. The van der Waals surface area contributed by atoms with Gasteiger partial charge in [0.05, 0.1) is 13.2 Å². The third-order valence-corrected chi connectivity index (χ3v) is 5.91. The monoisotopic (exact) mass is 398 g/mol. The van der Waals surface area contributed by atoms with Gasteiger partial charge >= 0.3 is 0 Å². The second kappa shape index (κ2) is 8.97. The van der Waals surface area contributed by atoms with Crippen LogP contribution in [0.15, 0.2) is 30.5 Å². The molecule has 29 heavy (non-hydrogen) atoms. The van der Waals surface area contributed by atoms with Crippen molar-refractivity contribution in [3.63, 3.8) is 0 Å². The summed E-state index contributed by atoms with van der Waals surface area (Å²) in [6, 6.07) is 8.08. The van der Waals surface area contributed by atoms with Gasteiger partial charge in [0.15, 0.2) is 0 Å². The lowest BCUT2D eigenvalue weighted by Crippen LogP contribution is -2.38. The first kappa shape index (κ1) is 19.9. The first-order chi connectivity index (χ1) is 14.1. The normalized spacial score (nSPS) is 21.8. The van der Waals surface area contributed by atoms with E-state index in [0.717, 1.165) is 56.9 Å². The predicted octanol–water partition coefficient (Wildman–Crippen LogP) is 2.07. The maximum Gasteiger partial charge on any atom is 0.226 e. The average Bonchev–Trinajstić information content (AvgIpc) is 3.32. The van der Waals surface area contributed by atoms with Crippen LogP contribution in [0.25, 0.3) is 10.9 Å².